The van der Waals surface area contributed by atoms with Gasteiger partial charge < -0.3 is 0 Å². The zero-order chi connectivity index (χ0) is 13.2. The number of halogens is 1. The summed E-state index contributed by atoms with van der Waals surface area (Å²) in [5.41, 5.74) is 0. The van der Waals surface area contributed by atoms with E-state index < -0.39 is 6.91 Å². The topological polar surface area (TPSA) is 23.8 Å². The number of hydrogen-bond donors (Lipinski definition) is 0. The van der Waals surface area contributed by atoms with Crippen LogP contribution in [0.25, 0.3) is 0 Å². The van der Waals surface area contributed by atoms with Gasteiger partial charge in [0.05, 0.1) is 0 Å². The fourth-order valence-corrected chi connectivity index (χ4v) is 7.23. The van der Waals surface area contributed by atoms with E-state index in [-0.39, 0.29) is 6.16 Å². The van der Waals surface area contributed by atoms with Gasteiger partial charge >= 0.3 is 106 Å². The Balaban J connectivity index is 4.84. The summed E-state index contributed by atoms with van der Waals surface area (Å²) in [5, 5.41) is 9.01. The van der Waals surface area contributed by atoms with Gasteiger partial charge in [0.25, 0.3) is 0 Å². The third kappa shape index (κ3) is 5.82. The van der Waals surface area contributed by atoms with Crippen molar-refractivity contribution in [3.05, 3.63) is 0 Å². The molecule has 0 aromatic carbocycles. The van der Waals surface area contributed by atoms with Crippen LogP contribution in [0, 0.1) is 11.3 Å². The molecule has 0 aromatic heterocycles. The van der Waals surface area contributed by atoms with Crippen molar-refractivity contribution in [2.45, 2.75) is 59.3 Å². The molecule has 102 valence electrons. The Morgan fingerprint density at radius 3 is 1.47 bits per heavy atom. The van der Waals surface area contributed by atoms with Crippen molar-refractivity contribution >= 4 is 6.91 Å². The Labute approximate surface area is 107 Å². The quantitative estimate of drug-likeness (QED) is 0.486. The third-order valence-corrected chi connectivity index (χ3v) is 8.91. The number of unbranched alkanes of at least 4 members (excludes halogenated alkanes) is 3. The molecule has 0 aliphatic rings. The Bertz CT molecular complexity index is 223. The number of rotatable bonds is 10. The van der Waals surface area contributed by atoms with Crippen molar-refractivity contribution in [3.63, 3.8) is 0 Å². The van der Waals surface area contributed by atoms with E-state index in [1.54, 1.807) is 0 Å². The van der Waals surface area contributed by atoms with E-state index in [0.717, 1.165) is 38.5 Å². The summed E-state index contributed by atoms with van der Waals surface area (Å²) in [6.07, 6.45) is 8.21. The van der Waals surface area contributed by atoms with Gasteiger partial charge in [0, 0.05) is 0 Å². The summed E-state index contributed by atoms with van der Waals surface area (Å²) < 4.78 is 15.7. The summed E-state index contributed by atoms with van der Waals surface area (Å²) in [7, 11) is 0. The molecule has 0 bridgehead atoms. The molecule has 0 atom stereocenters. The Morgan fingerprint density at radius 2 is 1.24 bits per heavy atom. The van der Waals surface area contributed by atoms with Crippen LogP contribution in [0.1, 0.15) is 59.3 Å². The predicted molar refractivity (Wildman–Crippen MR) is 77.8 cm³/mol. The summed E-state index contributed by atoms with van der Waals surface area (Å²) in [6.45, 7) is 3.11. The molecule has 3 heteroatoms. The van der Waals surface area contributed by atoms with Crippen molar-refractivity contribution in [2.75, 3.05) is 24.6 Å². The van der Waals surface area contributed by atoms with Crippen molar-refractivity contribution < 1.29 is 4.20 Å². The van der Waals surface area contributed by atoms with Gasteiger partial charge in [0.1, 0.15) is 0 Å². The van der Waals surface area contributed by atoms with Gasteiger partial charge in [-0.05, 0) is 0 Å². The van der Waals surface area contributed by atoms with Gasteiger partial charge in [-0.1, -0.05) is 0 Å². The number of hydrogen-bond acceptors (Lipinski definition) is 1. The number of nitrogens with zero attached hydrogens (tertiary/aromatic N) is 1. The monoisotopic (exact) mass is 261 g/mol. The molecule has 0 aliphatic carbocycles. The van der Waals surface area contributed by atoms with Crippen LogP contribution in [0.3, 0.4) is 0 Å². The van der Waals surface area contributed by atoms with Crippen LogP contribution in [0.2, 0.25) is 0 Å². The van der Waals surface area contributed by atoms with Crippen LogP contribution in [0.4, 0.5) is 4.20 Å². The molecule has 0 fully saturated rings. The second-order valence-electron chi connectivity index (χ2n) is 5.37. The normalized spacial score (nSPS) is 13.9. The van der Waals surface area contributed by atoms with E-state index in [2.05, 4.69) is 26.8 Å². The van der Waals surface area contributed by atoms with E-state index in [4.69, 9.17) is 5.26 Å². The van der Waals surface area contributed by atoms with Gasteiger partial charge in [-0.2, -0.15) is 0 Å². The van der Waals surface area contributed by atoms with Gasteiger partial charge in [-0.25, -0.2) is 0 Å². The first kappa shape index (κ1) is 16.9. The van der Waals surface area contributed by atoms with Crippen molar-refractivity contribution in [2.24, 2.45) is 0 Å². The SMILES string of the molecule is CCCCP(F)(CC#N)(CCCC)CCCC. The van der Waals surface area contributed by atoms with Gasteiger partial charge in [-0.15, -0.1) is 0 Å². The molecule has 0 radical (unpaired) electrons. The summed E-state index contributed by atoms with van der Waals surface area (Å²) >= 11 is 0. The van der Waals surface area contributed by atoms with Crippen LogP contribution >= 0.6 is 6.91 Å². The first-order valence-electron chi connectivity index (χ1n) is 7.13. The average Bonchev–Trinajstić information content (AvgIpc) is 2.33. The Morgan fingerprint density at radius 1 is 0.882 bits per heavy atom. The Hall–Kier alpha value is -0.150. The molecule has 0 aromatic rings. The molecule has 1 nitrogen and oxygen atoms in total. The predicted octanol–water partition coefficient (Wildman–Crippen LogP) is 5.35. The molecule has 0 N–H and O–H groups in total. The Kier molecular flexibility index (Phi) is 7.97. The van der Waals surface area contributed by atoms with Crippen LogP contribution in [0.5, 0.6) is 0 Å². The average molecular weight is 261 g/mol. The third-order valence-electron chi connectivity index (χ3n) is 3.68. The maximum absolute atomic E-state index is 15.7. The molecule has 0 rings (SSSR count). The van der Waals surface area contributed by atoms with Crippen molar-refractivity contribution in [1.29, 1.82) is 5.26 Å². The first-order chi connectivity index (χ1) is 8.04. The van der Waals surface area contributed by atoms with Crippen LogP contribution in [0.15, 0.2) is 0 Å². The van der Waals surface area contributed by atoms with Crippen molar-refractivity contribution in [1.82, 2.24) is 0 Å². The van der Waals surface area contributed by atoms with Crippen molar-refractivity contribution in [3.8, 4) is 6.07 Å². The molecule has 0 heterocycles. The standard InChI is InChI=1S/C14H29FNP/c1-4-7-11-17(15,14-10-16,12-8-5-2)13-9-6-3/h4-9,11-14H2,1-3H3. The van der Waals surface area contributed by atoms with E-state index >= 15 is 4.20 Å². The fraction of sp³-hybridized carbons (Fsp3) is 0.929. The second-order valence-corrected chi connectivity index (χ2v) is 10.7. The maximum atomic E-state index is 15.7. The zero-order valence-corrected chi connectivity index (χ0v) is 12.7. The van der Waals surface area contributed by atoms with Gasteiger partial charge in [0.2, 0.25) is 0 Å². The van der Waals surface area contributed by atoms with E-state index in [0.29, 0.717) is 18.5 Å². The molecular weight excluding hydrogens is 232 g/mol. The fourth-order valence-electron chi connectivity index (χ4n) is 2.41. The first-order valence-corrected chi connectivity index (χ1v) is 10.0. The summed E-state index contributed by atoms with van der Waals surface area (Å²) in [5.74, 6) is 0. The molecule has 0 unspecified atom stereocenters. The molecule has 0 saturated heterocycles. The van der Waals surface area contributed by atoms with E-state index in [1.807, 2.05) is 0 Å². The van der Waals surface area contributed by atoms with E-state index in [1.165, 1.54) is 0 Å². The molecular formula is C14H29FNP. The zero-order valence-electron chi connectivity index (χ0n) is 11.8. The molecule has 0 amide bonds. The van der Waals surface area contributed by atoms with Crippen LogP contribution in [-0.4, -0.2) is 24.6 Å². The molecule has 0 saturated carbocycles. The molecule has 0 aliphatic heterocycles. The molecule has 17 heavy (non-hydrogen) atoms. The second kappa shape index (κ2) is 8.04. The van der Waals surface area contributed by atoms with Crippen LogP contribution in [-0.2, 0) is 0 Å². The summed E-state index contributed by atoms with van der Waals surface area (Å²) in [6, 6.07) is 2.16. The van der Waals surface area contributed by atoms with Gasteiger partial charge in [-0.3, -0.25) is 0 Å². The number of nitriles is 1. The molecule has 0 spiro atoms. The van der Waals surface area contributed by atoms with Gasteiger partial charge in [0.15, 0.2) is 0 Å². The minimum atomic E-state index is -3.20. The minimum absolute atomic E-state index is 0.200. The summed E-state index contributed by atoms with van der Waals surface area (Å²) in [4.78, 5) is 0. The van der Waals surface area contributed by atoms with Crippen LogP contribution < -0.4 is 0 Å². The van der Waals surface area contributed by atoms with E-state index in [9.17, 15) is 0 Å².